The molecule has 2 saturated heterocycles. The standard InChI is InChI=1S/C14H22O5/c15-7-11-10-6-13(16)18-8-9(10)5-12(11)19-14-3-1-2-4-17-14/h9-12,14-15H,1-8H2. The van der Waals surface area contributed by atoms with Crippen LogP contribution in [-0.4, -0.2) is 43.3 Å². The van der Waals surface area contributed by atoms with E-state index in [2.05, 4.69) is 0 Å². The predicted octanol–water partition coefficient (Wildman–Crippen LogP) is 1.09. The lowest BCUT2D eigenvalue weighted by Crippen LogP contribution is -2.34. The first-order valence-corrected chi connectivity index (χ1v) is 7.31. The van der Waals surface area contributed by atoms with Crippen LogP contribution >= 0.6 is 0 Å². The van der Waals surface area contributed by atoms with E-state index in [4.69, 9.17) is 14.2 Å². The zero-order valence-corrected chi connectivity index (χ0v) is 11.1. The molecule has 0 bridgehead atoms. The number of carbonyl (C=O) groups excluding carboxylic acids is 1. The summed E-state index contributed by atoms with van der Waals surface area (Å²) < 4.78 is 16.8. The van der Waals surface area contributed by atoms with Crippen LogP contribution in [0.5, 0.6) is 0 Å². The summed E-state index contributed by atoms with van der Waals surface area (Å²) in [5.74, 6) is 0.445. The Balaban J connectivity index is 1.63. The minimum atomic E-state index is -0.144. The normalized spacial score (nSPS) is 42.8. The third-order valence-corrected chi connectivity index (χ3v) is 4.70. The van der Waals surface area contributed by atoms with Gasteiger partial charge >= 0.3 is 5.97 Å². The number of cyclic esters (lactones) is 1. The summed E-state index contributed by atoms with van der Waals surface area (Å²) in [5, 5.41) is 9.62. The Kier molecular flexibility index (Phi) is 4.05. The summed E-state index contributed by atoms with van der Waals surface area (Å²) >= 11 is 0. The second kappa shape index (κ2) is 5.77. The lowest BCUT2D eigenvalue weighted by Gasteiger charge is -2.30. The largest absolute Gasteiger partial charge is 0.465 e. The average molecular weight is 270 g/mol. The van der Waals surface area contributed by atoms with Crippen LogP contribution in [0.2, 0.25) is 0 Å². The smallest absolute Gasteiger partial charge is 0.306 e. The van der Waals surface area contributed by atoms with Crippen molar-refractivity contribution in [3.05, 3.63) is 0 Å². The molecule has 0 aromatic rings. The lowest BCUT2D eigenvalue weighted by molar-refractivity contribution is -0.198. The van der Waals surface area contributed by atoms with Gasteiger partial charge in [-0.3, -0.25) is 4.79 Å². The SMILES string of the molecule is O=C1CC2C(CO1)CC(OC1CCCCO1)C2CO. The number of hydrogen-bond donors (Lipinski definition) is 1. The van der Waals surface area contributed by atoms with E-state index in [1.54, 1.807) is 0 Å². The van der Waals surface area contributed by atoms with Gasteiger partial charge in [0.25, 0.3) is 0 Å². The Morgan fingerprint density at radius 1 is 1.37 bits per heavy atom. The molecule has 3 rings (SSSR count). The Bertz CT molecular complexity index is 326. The Morgan fingerprint density at radius 3 is 3.00 bits per heavy atom. The van der Waals surface area contributed by atoms with Gasteiger partial charge in [-0.25, -0.2) is 0 Å². The maximum atomic E-state index is 11.4. The van der Waals surface area contributed by atoms with Crippen LogP contribution < -0.4 is 0 Å². The Labute approximate surface area is 113 Å². The van der Waals surface area contributed by atoms with Crippen molar-refractivity contribution in [2.75, 3.05) is 19.8 Å². The van der Waals surface area contributed by atoms with E-state index in [9.17, 15) is 9.90 Å². The summed E-state index contributed by atoms with van der Waals surface area (Å²) in [6, 6.07) is 0. The minimum absolute atomic E-state index is 0.00222. The van der Waals surface area contributed by atoms with Crippen molar-refractivity contribution in [1.29, 1.82) is 0 Å². The first-order valence-electron chi connectivity index (χ1n) is 7.31. The van der Waals surface area contributed by atoms with Crippen LogP contribution in [0.3, 0.4) is 0 Å². The molecule has 1 N–H and O–H groups in total. The molecule has 1 saturated carbocycles. The molecule has 0 spiro atoms. The van der Waals surface area contributed by atoms with Gasteiger partial charge in [0.15, 0.2) is 6.29 Å². The molecule has 0 aromatic heterocycles. The van der Waals surface area contributed by atoms with E-state index in [-0.39, 0.29) is 36.8 Å². The maximum absolute atomic E-state index is 11.4. The predicted molar refractivity (Wildman–Crippen MR) is 66.2 cm³/mol. The molecule has 0 aromatic carbocycles. The van der Waals surface area contributed by atoms with Gasteiger partial charge in [-0.05, 0) is 37.5 Å². The number of esters is 1. The van der Waals surface area contributed by atoms with Gasteiger partial charge in [0, 0.05) is 25.6 Å². The van der Waals surface area contributed by atoms with E-state index >= 15 is 0 Å². The van der Waals surface area contributed by atoms with Crippen LogP contribution in [0.1, 0.15) is 32.1 Å². The Hall–Kier alpha value is -0.650. The highest BCUT2D eigenvalue weighted by Gasteiger charge is 2.47. The van der Waals surface area contributed by atoms with Crippen molar-refractivity contribution in [2.45, 2.75) is 44.5 Å². The molecular weight excluding hydrogens is 248 g/mol. The highest BCUT2D eigenvalue weighted by Crippen LogP contribution is 2.44. The van der Waals surface area contributed by atoms with Gasteiger partial charge in [0.05, 0.1) is 12.7 Å². The number of carbonyl (C=O) groups is 1. The highest BCUT2D eigenvalue weighted by atomic mass is 16.7. The summed E-state index contributed by atoms with van der Waals surface area (Å²) in [7, 11) is 0. The first-order chi connectivity index (χ1) is 9.28. The Morgan fingerprint density at radius 2 is 2.26 bits per heavy atom. The molecule has 3 fully saturated rings. The summed E-state index contributed by atoms with van der Waals surface area (Å²) in [5.41, 5.74) is 0. The van der Waals surface area contributed by atoms with Crippen molar-refractivity contribution in [2.24, 2.45) is 17.8 Å². The minimum Gasteiger partial charge on any atom is -0.465 e. The molecule has 2 heterocycles. The number of aliphatic hydroxyl groups excluding tert-OH is 1. The molecule has 5 atom stereocenters. The lowest BCUT2D eigenvalue weighted by atomic mass is 9.85. The summed E-state index contributed by atoms with van der Waals surface area (Å²) in [6.45, 7) is 1.31. The molecule has 0 radical (unpaired) electrons. The van der Waals surface area contributed by atoms with Crippen LogP contribution in [0.15, 0.2) is 0 Å². The maximum Gasteiger partial charge on any atom is 0.306 e. The third kappa shape index (κ3) is 2.78. The highest BCUT2D eigenvalue weighted by molar-refractivity contribution is 5.70. The van der Waals surface area contributed by atoms with E-state index in [0.29, 0.717) is 18.9 Å². The average Bonchev–Trinajstić information content (AvgIpc) is 2.76. The first kappa shape index (κ1) is 13.3. The molecule has 19 heavy (non-hydrogen) atoms. The van der Waals surface area contributed by atoms with Crippen LogP contribution in [0, 0.1) is 17.8 Å². The fourth-order valence-corrected chi connectivity index (χ4v) is 3.66. The van der Waals surface area contributed by atoms with Crippen LogP contribution in [-0.2, 0) is 19.0 Å². The molecule has 5 unspecified atom stereocenters. The van der Waals surface area contributed by atoms with Crippen molar-refractivity contribution in [3.8, 4) is 0 Å². The monoisotopic (exact) mass is 270 g/mol. The number of aliphatic hydroxyl groups is 1. The van der Waals surface area contributed by atoms with Gasteiger partial charge < -0.3 is 19.3 Å². The van der Waals surface area contributed by atoms with Gasteiger partial charge in [-0.1, -0.05) is 0 Å². The van der Waals surface area contributed by atoms with Crippen LogP contribution in [0.25, 0.3) is 0 Å². The molecule has 5 heteroatoms. The number of fused-ring (bicyclic) bond motifs is 1. The molecule has 1 aliphatic carbocycles. The van der Waals surface area contributed by atoms with E-state index in [1.165, 1.54) is 0 Å². The van der Waals surface area contributed by atoms with Gasteiger partial charge in [-0.15, -0.1) is 0 Å². The molecule has 3 aliphatic rings. The molecule has 2 aliphatic heterocycles. The molecule has 108 valence electrons. The fourth-order valence-electron chi connectivity index (χ4n) is 3.66. The van der Waals surface area contributed by atoms with Gasteiger partial charge in [-0.2, -0.15) is 0 Å². The third-order valence-electron chi connectivity index (χ3n) is 4.70. The topological polar surface area (TPSA) is 65.0 Å². The second-order valence-corrected chi connectivity index (χ2v) is 5.86. The van der Waals surface area contributed by atoms with Gasteiger partial charge in [0.2, 0.25) is 0 Å². The number of rotatable bonds is 3. The summed E-state index contributed by atoms with van der Waals surface area (Å²) in [6.07, 6.45) is 4.31. The number of hydrogen-bond acceptors (Lipinski definition) is 5. The molecule has 5 nitrogen and oxygen atoms in total. The number of ether oxygens (including phenoxy) is 3. The second-order valence-electron chi connectivity index (χ2n) is 5.86. The zero-order chi connectivity index (χ0) is 13.2. The van der Waals surface area contributed by atoms with Crippen molar-refractivity contribution in [1.82, 2.24) is 0 Å². The summed E-state index contributed by atoms with van der Waals surface area (Å²) in [4.78, 5) is 11.4. The van der Waals surface area contributed by atoms with Crippen LogP contribution in [0.4, 0.5) is 0 Å². The van der Waals surface area contributed by atoms with E-state index < -0.39 is 0 Å². The van der Waals surface area contributed by atoms with Crippen molar-refractivity contribution < 1.29 is 24.1 Å². The fraction of sp³-hybridized carbons (Fsp3) is 0.929. The molecule has 0 amide bonds. The zero-order valence-electron chi connectivity index (χ0n) is 11.1. The van der Waals surface area contributed by atoms with Crippen molar-refractivity contribution in [3.63, 3.8) is 0 Å². The molecular formula is C14H22O5. The van der Waals surface area contributed by atoms with E-state index in [1.807, 2.05) is 0 Å². The van der Waals surface area contributed by atoms with Crippen molar-refractivity contribution >= 4 is 5.97 Å². The van der Waals surface area contributed by atoms with Gasteiger partial charge in [0.1, 0.15) is 0 Å². The quantitative estimate of drug-likeness (QED) is 0.778. The van der Waals surface area contributed by atoms with E-state index in [0.717, 1.165) is 32.3 Å².